The van der Waals surface area contributed by atoms with Gasteiger partial charge in [0.1, 0.15) is 11.9 Å². The van der Waals surface area contributed by atoms with Gasteiger partial charge in [-0.25, -0.2) is 13.4 Å². The molecule has 10 nitrogen and oxygen atoms in total. The van der Waals surface area contributed by atoms with Crippen molar-refractivity contribution < 1.29 is 17.9 Å². The second-order valence-electron chi connectivity index (χ2n) is 10.4. The van der Waals surface area contributed by atoms with Crippen molar-refractivity contribution >= 4 is 16.0 Å². The van der Waals surface area contributed by atoms with E-state index in [1.807, 2.05) is 0 Å². The molecule has 202 valence electrons. The number of methoxy groups -OCH3 is 1. The summed E-state index contributed by atoms with van der Waals surface area (Å²) in [5.74, 6) is 1.83. The van der Waals surface area contributed by atoms with E-state index in [-0.39, 0.29) is 6.10 Å². The van der Waals surface area contributed by atoms with Gasteiger partial charge < -0.3 is 19.3 Å². The number of aromatic nitrogens is 2. The molecule has 0 spiro atoms. The molecule has 1 aromatic carbocycles. The van der Waals surface area contributed by atoms with Gasteiger partial charge in [0.05, 0.1) is 25.1 Å². The first-order valence-corrected chi connectivity index (χ1v) is 14.5. The zero-order valence-corrected chi connectivity index (χ0v) is 23.1. The van der Waals surface area contributed by atoms with Crippen molar-refractivity contribution in [2.24, 2.45) is 0 Å². The van der Waals surface area contributed by atoms with Gasteiger partial charge in [-0.15, -0.1) is 0 Å². The van der Waals surface area contributed by atoms with Crippen molar-refractivity contribution in [2.75, 3.05) is 71.4 Å². The predicted octanol–water partition coefficient (Wildman–Crippen LogP) is 1.77. The number of likely N-dealkylation sites (N-methyl/N-ethyl adjacent to an activating group) is 1. The Kier molecular flexibility index (Phi) is 7.58. The summed E-state index contributed by atoms with van der Waals surface area (Å²) in [4.78, 5) is 16.7. The number of nitrogens with zero attached hydrogens (tertiary/aromatic N) is 6. The second kappa shape index (κ2) is 10.7. The summed E-state index contributed by atoms with van der Waals surface area (Å²) < 4.78 is 39.3. The first kappa shape index (κ1) is 26.1. The van der Waals surface area contributed by atoms with Crippen molar-refractivity contribution in [3.05, 3.63) is 35.5 Å². The van der Waals surface area contributed by atoms with Crippen molar-refractivity contribution in [3.8, 4) is 11.6 Å². The van der Waals surface area contributed by atoms with Crippen LogP contribution in [0.5, 0.6) is 11.6 Å². The van der Waals surface area contributed by atoms with Crippen LogP contribution in [0.3, 0.4) is 0 Å². The lowest BCUT2D eigenvalue weighted by Crippen LogP contribution is -2.56. The van der Waals surface area contributed by atoms with Crippen LogP contribution in [0.2, 0.25) is 0 Å². The smallest absolute Gasteiger partial charge is 0.243 e. The Morgan fingerprint density at radius 3 is 2.24 bits per heavy atom. The molecule has 4 heterocycles. The molecule has 0 unspecified atom stereocenters. The van der Waals surface area contributed by atoms with E-state index in [1.54, 1.807) is 45.4 Å². The lowest BCUT2D eigenvalue weighted by atomic mass is 10.0. The quantitative estimate of drug-likeness (QED) is 0.531. The zero-order valence-electron chi connectivity index (χ0n) is 22.3. The molecule has 0 radical (unpaired) electrons. The van der Waals surface area contributed by atoms with Crippen LogP contribution in [0.15, 0.2) is 29.3 Å². The highest BCUT2D eigenvalue weighted by molar-refractivity contribution is 7.89. The third kappa shape index (κ3) is 5.55. The van der Waals surface area contributed by atoms with Crippen molar-refractivity contribution in [2.45, 2.75) is 43.7 Å². The van der Waals surface area contributed by atoms with Crippen LogP contribution in [0.1, 0.15) is 24.0 Å². The Bertz CT molecular complexity index is 1180. The standard InChI is InChI=1S/C26H38N6O4S/c1-19-15-22(35-4)16-20(2)25(19)37(33,34)32-17-23(18-32)36-24-5-8-27-26(28-24)31-9-6-21(7-10-31)30-13-11-29(3)12-14-30/h5,8,15-16,21,23H,6-7,9-14,17-18H2,1-4H3. The SMILES string of the molecule is COc1cc(C)c(S(=O)(=O)N2CC(Oc3ccnc(N4CCC(N5CCN(C)CC5)CC4)n3)C2)c(C)c1. The molecular weight excluding hydrogens is 492 g/mol. The molecule has 5 rings (SSSR count). The number of aryl methyl sites for hydroxylation is 2. The lowest BCUT2D eigenvalue weighted by molar-refractivity contribution is 0.0719. The Hall–Kier alpha value is -2.47. The molecule has 11 heteroatoms. The minimum atomic E-state index is -3.61. The van der Waals surface area contributed by atoms with E-state index in [9.17, 15) is 8.42 Å². The van der Waals surface area contributed by atoms with Gasteiger partial charge in [0.25, 0.3) is 0 Å². The molecule has 0 atom stereocenters. The fourth-order valence-corrected chi connectivity index (χ4v) is 7.49. The topological polar surface area (TPSA) is 91.3 Å². The zero-order chi connectivity index (χ0) is 26.2. The van der Waals surface area contributed by atoms with Crippen LogP contribution >= 0.6 is 0 Å². The largest absolute Gasteiger partial charge is 0.497 e. The number of piperazine rings is 1. The number of hydrogen-bond donors (Lipinski definition) is 0. The molecule has 3 saturated heterocycles. The number of sulfonamides is 1. The van der Waals surface area contributed by atoms with Crippen LogP contribution < -0.4 is 14.4 Å². The number of rotatable bonds is 7. The molecule has 0 aliphatic carbocycles. The molecule has 1 aromatic heterocycles. The third-order valence-corrected chi connectivity index (χ3v) is 9.93. The monoisotopic (exact) mass is 530 g/mol. The molecule has 0 bridgehead atoms. The van der Waals surface area contributed by atoms with Crippen molar-refractivity contribution in [3.63, 3.8) is 0 Å². The predicted molar refractivity (Wildman–Crippen MR) is 142 cm³/mol. The van der Waals surface area contributed by atoms with Gasteiger partial charge >= 0.3 is 0 Å². The van der Waals surface area contributed by atoms with Gasteiger partial charge in [-0.1, -0.05) is 0 Å². The van der Waals surface area contributed by atoms with Crippen molar-refractivity contribution in [1.82, 2.24) is 24.1 Å². The van der Waals surface area contributed by atoms with E-state index >= 15 is 0 Å². The summed E-state index contributed by atoms with van der Waals surface area (Å²) in [6, 6.07) is 5.88. The van der Waals surface area contributed by atoms with Gasteiger partial charge in [0.15, 0.2) is 0 Å². The number of benzene rings is 1. The van der Waals surface area contributed by atoms with Gasteiger partial charge in [0.2, 0.25) is 21.9 Å². The number of ether oxygens (including phenoxy) is 2. The minimum Gasteiger partial charge on any atom is -0.497 e. The summed E-state index contributed by atoms with van der Waals surface area (Å²) in [5.41, 5.74) is 1.36. The first-order chi connectivity index (χ1) is 17.7. The van der Waals surface area contributed by atoms with Crippen LogP contribution in [0, 0.1) is 13.8 Å². The third-order valence-electron chi connectivity index (χ3n) is 7.79. The van der Waals surface area contributed by atoms with Crippen LogP contribution in [0.4, 0.5) is 5.95 Å². The number of piperidine rings is 1. The average molecular weight is 531 g/mol. The fourth-order valence-electron chi connectivity index (χ4n) is 5.58. The highest BCUT2D eigenvalue weighted by atomic mass is 32.2. The highest BCUT2D eigenvalue weighted by Crippen LogP contribution is 2.31. The molecular formula is C26H38N6O4S. The Balaban J connectivity index is 1.15. The van der Waals surface area contributed by atoms with E-state index in [4.69, 9.17) is 9.47 Å². The first-order valence-electron chi connectivity index (χ1n) is 13.1. The van der Waals surface area contributed by atoms with E-state index in [0.717, 1.165) is 52.1 Å². The van der Waals surface area contributed by atoms with E-state index < -0.39 is 10.0 Å². The van der Waals surface area contributed by atoms with Gasteiger partial charge in [-0.05, 0) is 57.0 Å². The van der Waals surface area contributed by atoms with Crippen LogP contribution in [-0.4, -0.2) is 111 Å². The number of hydrogen-bond acceptors (Lipinski definition) is 9. The molecule has 2 aromatic rings. The normalized spacial score (nSPS) is 21.1. The molecule has 3 aliphatic heterocycles. The molecule has 0 saturated carbocycles. The Morgan fingerprint density at radius 2 is 1.62 bits per heavy atom. The molecule has 3 fully saturated rings. The maximum absolute atomic E-state index is 13.3. The molecule has 37 heavy (non-hydrogen) atoms. The Labute approximate surface area is 220 Å². The summed E-state index contributed by atoms with van der Waals surface area (Å²) in [7, 11) is 0.161. The molecule has 0 amide bonds. The number of anilines is 1. The van der Waals surface area contributed by atoms with E-state index in [0.29, 0.717) is 52.7 Å². The van der Waals surface area contributed by atoms with E-state index in [1.165, 1.54) is 4.31 Å². The van der Waals surface area contributed by atoms with Gasteiger partial charge in [-0.2, -0.15) is 9.29 Å². The fraction of sp³-hybridized carbons (Fsp3) is 0.615. The highest BCUT2D eigenvalue weighted by Gasteiger charge is 2.40. The second-order valence-corrected chi connectivity index (χ2v) is 12.3. The Morgan fingerprint density at radius 1 is 0.973 bits per heavy atom. The maximum atomic E-state index is 13.3. The summed E-state index contributed by atoms with van der Waals surface area (Å²) in [6.45, 7) is 10.6. The van der Waals surface area contributed by atoms with Crippen LogP contribution in [0.25, 0.3) is 0 Å². The average Bonchev–Trinajstić information content (AvgIpc) is 2.86. The molecule has 0 N–H and O–H groups in total. The van der Waals surface area contributed by atoms with Gasteiger partial charge in [-0.3, -0.25) is 4.90 Å². The van der Waals surface area contributed by atoms with Crippen LogP contribution in [-0.2, 0) is 10.0 Å². The summed E-state index contributed by atoms with van der Waals surface area (Å²) >= 11 is 0. The van der Waals surface area contributed by atoms with Crippen molar-refractivity contribution in [1.29, 1.82) is 0 Å². The maximum Gasteiger partial charge on any atom is 0.243 e. The van der Waals surface area contributed by atoms with Gasteiger partial charge in [0, 0.05) is 57.6 Å². The lowest BCUT2D eigenvalue weighted by Gasteiger charge is -2.42. The minimum absolute atomic E-state index is 0.237. The summed E-state index contributed by atoms with van der Waals surface area (Å²) in [6.07, 6.45) is 3.70. The molecule has 3 aliphatic rings. The summed E-state index contributed by atoms with van der Waals surface area (Å²) in [5, 5.41) is 0. The van der Waals surface area contributed by atoms with E-state index in [2.05, 4.69) is 31.7 Å².